The first-order valence-corrected chi connectivity index (χ1v) is 7.84. The molecule has 0 spiro atoms. The van der Waals surface area contributed by atoms with E-state index in [1.807, 2.05) is 48.2 Å². The van der Waals surface area contributed by atoms with Crippen LogP contribution in [0.15, 0.2) is 48.5 Å². The second-order valence-corrected chi connectivity index (χ2v) is 6.07. The highest BCUT2D eigenvalue weighted by Crippen LogP contribution is 2.28. The van der Waals surface area contributed by atoms with Gasteiger partial charge in [-0.3, -0.25) is 4.79 Å². The molecular formula is C19H22N2O2. The normalized spacial score (nSPS) is 20.6. The lowest BCUT2D eigenvalue weighted by atomic mass is 9.95. The molecule has 0 radical (unpaired) electrons. The topological polar surface area (TPSA) is 55.6 Å². The average Bonchev–Trinajstić information content (AvgIpc) is 2.96. The van der Waals surface area contributed by atoms with E-state index >= 15 is 0 Å². The van der Waals surface area contributed by atoms with Crippen LogP contribution < -0.4 is 10.5 Å². The Kier molecular flexibility index (Phi) is 4.35. The molecule has 2 aromatic carbocycles. The minimum absolute atomic E-state index is 0.0279. The summed E-state index contributed by atoms with van der Waals surface area (Å²) in [5.74, 6) is 0.997. The van der Waals surface area contributed by atoms with Gasteiger partial charge in [-0.05, 0) is 36.2 Å². The van der Waals surface area contributed by atoms with E-state index in [1.54, 1.807) is 7.11 Å². The lowest BCUT2D eigenvalue weighted by Gasteiger charge is -2.18. The third-order valence-electron chi connectivity index (χ3n) is 4.54. The van der Waals surface area contributed by atoms with Crippen LogP contribution in [0, 0.1) is 6.92 Å². The van der Waals surface area contributed by atoms with Gasteiger partial charge in [0.15, 0.2) is 0 Å². The third-order valence-corrected chi connectivity index (χ3v) is 4.54. The van der Waals surface area contributed by atoms with Crippen molar-refractivity contribution in [3.05, 3.63) is 65.2 Å². The predicted molar refractivity (Wildman–Crippen MR) is 90.8 cm³/mol. The first-order valence-electron chi connectivity index (χ1n) is 7.84. The van der Waals surface area contributed by atoms with Crippen LogP contribution in [-0.2, 0) is 0 Å². The fourth-order valence-corrected chi connectivity index (χ4v) is 3.22. The number of carbonyl (C=O) groups excluding carboxylic acids is 1. The number of benzene rings is 2. The van der Waals surface area contributed by atoms with Gasteiger partial charge in [0, 0.05) is 30.6 Å². The van der Waals surface area contributed by atoms with Crippen molar-refractivity contribution < 1.29 is 9.53 Å². The fraction of sp³-hybridized carbons (Fsp3) is 0.316. The van der Waals surface area contributed by atoms with Gasteiger partial charge < -0.3 is 15.4 Å². The number of amides is 1. The van der Waals surface area contributed by atoms with Gasteiger partial charge in [-0.2, -0.15) is 0 Å². The Hall–Kier alpha value is -2.33. The molecule has 1 heterocycles. The van der Waals surface area contributed by atoms with Crippen molar-refractivity contribution in [2.24, 2.45) is 5.73 Å². The quantitative estimate of drug-likeness (QED) is 0.948. The molecule has 4 nitrogen and oxygen atoms in total. The van der Waals surface area contributed by atoms with Crippen LogP contribution in [0.25, 0.3) is 0 Å². The van der Waals surface area contributed by atoms with Crippen LogP contribution in [0.3, 0.4) is 0 Å². The molecule has 0 aliphatic carbocycles. The van der Waals surface area contributed by atoms with Crippen molar-refractivity contribution >= 4 is 5.91 Å². The minimum Gasteiger partial charge on any atom is -0.497 e. The van der Waals surface area contributed by atoms with E-state index in [0.717, 1.165) is 11.3 Å². The molecule has 0 bridgehead atoms. The molecule has 0 aromatic heterocycles. The second-order valence-electron chi connectivity index (χ2n) is 6.07. The van der Waals surface area contributed by atoms with Gasteiger partial charge in [0.1, 0.15) is 5.75 Å². The van der Waals surface area contributed by atoms with E-state index < -0.39 is 0 Å². The Morgan fingerprint density at radius 1 is 1.17 bits per heavy atom. The van der Waals surface area contributed by atoms with E-state index in [0.29, 0.717) is 18.7 Å². The summed E-state index contributed by atoms with van der Waals surface area (Å²) in [6.45, 7) is 3.18. The molecule has 1 fully saturated rings. The van der Waals surface area contributed by atoms with Gasteiger partial charge in [0.2, 0.25) is 0 Å². The SMILES string of the molecule is COc1ccc(C(=O)N2C[C@@H](N)[C@H](c3ccccc3)C2)c(C)c1. The predicted octanol–water partition coefficient (Wildman–Crippen LogP) is 2.57. The number of likely N-dealkylation sites (tertiary alicyclic amines) is 1. The molecule has 1 amide bonds. The second kappa shape index (κ2) is 6.42. The minimum atomic E-state index is -0.0279. The molecule has 2 N–H and O–H groups in total. The average molecular weight is 310 g/mol. The maximum atomic E-state index is 12.8. The van der Waals surface area contributed by atoms with Gasteiger partial charge in [-0.25, -0.2) is 0 Å². The summed E-state index contributed by atoms with van der Waals surface area (Å²) in [7, 11) is 1.63. The zero-order valence-electron chi connectivity index (χ0n) is 13.5. The highest BCUT2D eigenvalue weighted by molar-refractivity contribution is 5.96. The molecule has 0 saturated carbocycles. The summed E-state index contributed by atoms with van der Waals surface area (Å²) in [5, 5.41) is 0. The molecular weight excluding hydrogens is 288 g/mol. The summed E-state index contributed by atoms with van der Waals surface area (Å²) >= 11 is 0. The molecule has 120 valence electrons. The molecule has 2 atom stereocenters. The molecule has 2 aromatic rings. The zero-order valence-corrected chi connectivity index (χ0v) is 13.5. The number of hydrogen-bond acceptors (Lipinski definition) is 3. The molecule has 1 aliphatic heterocycles. The number of hydrogen-bond donors (Lipinski definition) is 1. The number of aryl methyl sites for hydroxylation is 1. The Morgan fingerprint density at radius 2 is 1.91 bits per heavy atom. The standard InChI is InChI=1S/C19H22N2O2/c1-13-10-15(23-2)8-9-16(13)19(22)21-11-17(18(20)12-21)14-6-4-3-5-7-14/h3-10,17-18H,11-12,20H2,1-2H3/t17-,18+/m0/s1. The monoisotopic (exact) mass is 310 g/mol. The molecule has 23 heavy (non-hydrogen) atoms. The Bertz CT molecular complexity index is 700. The van der Waals surface area contributed by atoms with Crippen molar-refractivity contribution in [3.8, 4) is 5.75 Å². The lowest BCUT2D eigenvalue weighted by Crippen LogP contribution is -2.32. The van der Waals surface area contributed by atoms with E-state index in [1.165, 1.54) is 5.56 Å². The van der Waals surface area contributed by atoms with Gasteiger partial charge in [0.05, 0.1) is 7.11 Å². The van der Waals surface area contributed by atoms with Gasteiger partial charge in [-0.1, -0.05) is 30.3 Å². The summed E-state index contributed by atoms with van der Waals surface area (Å²) in [6.07, 6.45) is 0. The maximum absolute atomic E-state index is 12.8. The van der Waals surface area contributed by atoms with E-state index in [2.05, 4.69) is 12.1 Å². The van der Waals surface area contributed by atoms with Crippen LogP contribution in [0.5, 0.6) is 5.75 Å². The molecule has 1 aliphatic rings. The molecule has 0 unspecified atom stereocenters. The summed E-state index contributed by atoms with van der Waals surface area (Å²) in [6, 6.07) is 15.7. The summed E-state index contributed by atoms with van der Waals surface area (Å²) in [5.41, 5.74) is 9.12. The highest BCUT2D eigenvalue weighted by atomic mass is 16.5. The summed E-state index contributed by atoms with van der Waals surface area (Å²) < 4.78 is 5.20. The number of rotatable bonds is 3. The van der Waals surface area contributed by atoms with Crippen molar-refractivity contribution in [2.45, 2.75) is 18.9 Å². The first kappa shape index (κ1) is 15.6. The van der Waals surface area contributed by atoms with Crippen molar-refractivity contribution in [1.29, 1.82) is 0 Å². The van der Waals surface area contributed by atoms with Crippen LogP contribution in [0.1, 0.15) is 27.4 Å². The van der Waals surface area contributed by atoms with Gasteiger partial charge in [0.25, 0.3) is 5.91 Å². The number of carbonyl (C=O) groups is 1. The molecule has 1 saturated heterocycles. The van der Waals surface area contributed by atoms with Crippen molar-refractivity contribution in [1.82, 2.24) is 4.90 Å². The first-order chi connectivity index (χ1) is 11.1. The van der Waals surface area contributed by atoms with Crippen molar-refractivity contribution in [2.75, 3.05) is 20.2 Å². The zero-order chi connectivity index (χ0) is 16.4. The Labute approximate surface area is 136 Å². The molecule has 3 rings (SSSR count). The van der Waals surface area contributed by atoms with Crippen LogP contribution in [0.4, 0.5) is 0 Å². The molecule has 4 heteroatoms. The number of ether oxygens (including phenoxy) is 1. The lowest BCUT2D eigenvalue weighted by molar-refractivity contribution is 0.0788. The number of nitrogens with zero attached hydrogens (tertiary/aromatic N) is 1. The fourth-order valence-electron chi connectivity index (χ4n) is 3.22. The van der Waals surface area contributed by atoms with E-state index in [-0.39, 0.29) is 17.9 Å². The largest absolute Gasteiger partial charge is 0.497 e. The maximum Gasteiger partial charge on any atom is 0.254 e. The highest BCUT2D eigenvalue weighted by Gasteiger charge is 2.34. The Balaban J connectivity index is 1.79. The van der Waals surface area contributed by atoms with Crippen LogP contribution >= 0.6 is 0 Å². The van der Waals surface area contributed by atoms with Crippen LogP contribution in [-0.4, -0.2) is 37.0 Å². The third kappa shape index (κ3) is 3.08. The number of methoxy groups -OCH3 is 1. The summed E-state index contributed by atoms with van der Waals surface area (Å²) in [4.78, 5) is 14.7. The number of nitrogens with two attached hydrogens (primary N) is 1. The van der Waals surface area contributed by atoms with Gasteiger partial charge >= 0.3 is 0 Å². The van der Waals surface area contributed by atoms with Crippen LogP contribution in [0.2, 0.25) is 0 Å². The van der Waals surface area contributed by atoms with Gasteiger partial charge in [-0.15, -0.1) is 0 Å². The van der Waals surface area contributed by atoms with E-state index in [9.17, 15) is 4.79 Å². The Morgan fingerprint density at radius 3 is 2.57 bits per heavy atom. The smallest absolute Gasteiger partial charge is 0.254 e. The van der Waals surface area contributed by atoms with Crippen molar-refractivity contribution in [3.63, 3.8) is 0 Å². The van der Waals surface area contributed by atoms with E-state index in [4.69, 9.17) is 10.5 Å².